The molecule has 0 saturated carbocycles. The summed E-state index contributed by atoms with van der Waals surface area (Å²) >= 11 is 0. The first kappa shape index (κ1) is 15.5. The van der Waals surface area contributed by atoms with E-state index in [1.54, 1.807) is 31.3 Å². The average Bonchev–Trinajstić information content (AvgIpc) is 2.81. The highest BCUT2D eigenvalue weighted by atomic mass is 16.6. The number of hydrogen-bond acceptors (Lipinski definition) is 5. The van der Waals surface area contributed by atoms with Gasteiger partial charge in [-0.25, -0.2) is 4.68 Å². The van der Waals surface area contributed by atoms with Crippen LogP contribution in [0, 0.1) is 10.1 Å². The van der Waals surface area contributed by atoms with Gasteiger partial charge in [0, 0.05) is 19.2 Å². The van der Waals surface area contributed by atoms with E-state index in [9.17, 15) is 14.9 Å². The third-order valence-electron chi connectivity index (χ3n) is 3.31. The zero-order valence-electron chi connectivity index (χ0n) is 12.4. The van der Waals surface area contributed by atoms with Gasteiger partial charge in [-0.15, -0.1) is 0 Å². The summed E-state index contributed by atoms with van der Waals surface area (Å²) in [5.41, 5.74) is 6.91. The number of carbonyl (C=O) groups excluding carboxylic acids is 1. The quantitative estimate of drug-likeness (QED) is 0.621. The maximum Gasteiger partial charge on any atom is 0.333 e. The van der Waals surface area contributed by atoms with Gasteiger partial charge < -0.3 is 11.1 Å². The molecule has 2 aromatic rings. The van der Waals surface area contributed by atoms with Crippen molar-refractivity contribution < 1.29 is 9.72 Å². The number of hydrogen-bond donors (Lipinski definition) is 2. The molecule has 0 spiro atoms. The maximum atomic E-state index is 11.2. The fraction of sp³-hybridized carbons (Fsp3) is 0.286. The third-order valence-corrected chi connectivity index (χ3v) is 3.31. The number of anilines is 1. The lowest BCUT2D eigenvalue weighted by Crippen LogP contribution is -2.11. The van der Waals surface area contributed by atoms with Crippen LogP contribution < -0.4 is 11.1 Å². The van der Waals surface area contributed by atoms with Gasteiger partial charge in [0.25, 0.3) is 0 Å². The molecule has 1 amide bonds. The standard InChI is InChI=1S/C14H17N5O3/c1-3-11-12(19(21)22)14(18(2)17-11)16-8-9-4-6-10(7-5-9)13(15)20/h4-7,16H,3,8H2,1-2H3,(H2,15,20). The first-order valence-electron chi connectivity index (χ1n) is 6.77. The van der Waals surface area contributed by atoms with E-state index >= 15 is 0 Å². The van der Waals surface area contributed by atoms with E-state index in [1.807, 2.05) is 6.92 Å². The van der Waals surface area contributed by atoms with Gasteiger partial charge in [0.2, 0.25) is 11.7 Å². The first-order valence-corrected chi connectivity index (χ1v) is 6.77. The van der Waals surface area contributed by atoms with Gasteiger partial charge in [0.1, 0.15) is 5.69 Å². The molecule has 22 heavy (non-hydrogen) atoms. The highest BCUT2D eigenvalue weighted by molar-refractivity contribution is 5.92. The monoisotopic (exact) mass is 303 g/mol. The van der Waals surface area contributed by atoms with E-state index in [0.717, 1.165) is 5.56 Å². The Bertz CT molecular complexity index is 706. The Kier molecular flexibility index (Phi) is 4.40. The lowest BCUT2D eigenvalue weighted by atomic mass is 10.1. The molecule has 0 aliphatic rings. The molecule has 1 heterocycles. The van der Waals surface area contributed by atoms with Gasteiger partial charge in [0.15, 0.2) is 0 Å². The molecule has 1 aromatic heterocycles. The molecule has 0 aliphatic heterocycles. The summed E-state index contributed by atoms with van der Waals surface area (Å²) in [5, 5.41) is 18.4. The average molecular weight is 303 g/mol. The number of primary amides is 1. The lowest BCUT2D eigenvalue weighted by molar-refractivity contribution is -0.384. The second-order valence-electron chi connectivity index (χ2n) is 4.79. The Hall–Kier alpha value is -2.90. The lowest BCUT2D eigenvalue weighted by Gasteiger charge is -2.06. The molecule has 0 atom stereocenters. The SMILES string of the molecule is CCc1nn(C)c(NCc2ccc(C(N)=O)cc2)c1[N+](=O)[O-]. The van der Waals surface area contributed by atoms with Gasteiger partial charge in [-0.2, -0.15) is 5.10 Å². The summed E-state index contributed by atoms with van der Waals surface area (Å²) in [6.07, 6.45) is 0.485. The van der Waals surface area contributed by atoms with Crippen molar-refractivity contribution in [1.29, 1.82) is 0 Å². The van der Waals surface area contributed by atoms with Crippen molar-refractivity contribution in [3.05, 3.63) is 51.2 Å². The Morgan fingerprint density at radius 3 is 2.55 bits per heavy atom. The van der Waals surface area contributed by atoms with E-state index in [1.165, 1.54) is 4.68 Å². The molecular weight excluding hydrogens is 286 g/mol. The molecule has 116 valence electrons. The Labute approximate surface area is 127 Å². The van der Waals surface area contributed by atoms with Crippen molar-refractivity contribution >= 4 is 17.4 Å². The number of benzene rings is 1. The summed E-state index contributed by atoms with van der Waals surface area (Å²) in [7, 11) is 1.66. The summed E-state index contributed by atoms with van der Waals surface area (Å²) in [4.78, 5) is 21.8. The normalized spacial score (nSPS) is 10.5. The fourth-order valence-electron chi connectivity index (χ4n) is 2.17. The number of aromatic nitrogens is 2. The number of nitrogens with two attached hydrogens (primary N) is 1. The van der Waals surface area contributed by atoms with Crippen molar-refractivity contribution in [3.63, 3.8) is 0 Å². The molecular formula is C14H17N5O3. The van der Waals surface area contributed by atoms with Crippen LogP contribution in [-0.2, 0) is 20.0 Å². The van der Waals surface area contributed by atoms with Crippen molar-refractivity contribution in [2.75, 3.05) is 5.32 Å². The van der Waals surface area contributed by atoms with Crippen molar-refractivity contribution in [2.24, 2.45) is 12.8 Å². The minimum atomic E-state index is -0.491. The predicted octanol–water partition coefficient (Wildman–Crippen LogP) is 1.60. The second kappa shape index (κ2) is 6.25. The van der Waals surface area contributed by atoms with Crippen LogP contribution in [0.5, 0.6) is 0 Å². The van der Waals surface area contributed by atoms with E-state index in [4.69, 9.17) is 5.73 Å². The molecule has 0 bridgehead atoms. The topological polar surface area (TPSA) is 116 Å². The van der Waals surface area contributed by atoms with Crippen LogP contribution in [-0.4, -0.2) is 20.6 Å². The minimum Gasteiger partial charge on any atom is -0.366 e. The fourth-order valence-corrected chi connectivity index (χ4v) is 2.17. The van der Waals surface area contributed by atoms with Gasteiger partial charge in [0.05, 0.1) is 4.92 Å². The van der Waals surface area contributed by atoms with Crippen LogP contribution in [0.3, 0.4) is 0 Å². The minimum absolute atomic E-state index is 0.00115. The first-order chi connectivity index (χ1) is 10.4. The number of nitrogens with one attached hydrogen (secondary N) is 1. The molecule has 0 saturated heterocycles. The number of nitrogens with zero attached hydrogens (tertiary/aromatic N) is 3. The zero-order chi connectivity index (χ0) is 16.3. The predicted molar refractivity (Wildman–Crippen MR) is 81.5 cm³/mol. The number of carbonyl (C=O) groups is 1. The summed E-state index contributed by atoms with van der Waals surface area (Å²) in [5.74, 6) is -0.129. The zero-order valence-corrected chi connectivity index (χ0v) is 12.4. The summed E-state index contributed by atoms with van der Waals surface area (Å²) < 4.78 is 1.47. The molecule has 8 nitrogen and oxygen atoms in total. The molecule has 1 aromatic carbocycles. The summed E-state index contributed by atoms with van der Waals surface area (Å²) in [6.45, 7) is 2.20. The van der Waals surface area contributed by atoms with Gasteiger partial charge in [-0.1, -0.05) is 19.1 Å². The van der Waals surface area contributed by atoms with Crippen LogP contribution in [0.25, 0.3) is 0 Å². The Morgan fingerprint density at radius 2 is 2.05 bits per heavy atom. The molecule has 0 unspecified atom stereocenters. The molecule has 0 fully saturated rings. The number of rotatable bonds is 6. The van der Waals surface area contributed by atoms with Crippen molar-refractivity contribution in [3.8, 4) is 0 Å². The van der Waals surface area contributed by atoms with E-state index in [0.29, 0.717) is 30.0 Å². The highest BCUT2D eigenvalue weighted by Crippen LogP contribution is 2.28. The van der Waals surface area contributed by atoms with Gasteiger partial charge in [-0.3, -0.25) is 14.9 Å². The van der Waals surface area contributed by atoms with Crippen LogP contribution in [0.1, 0.15) is 28.5 Å². The molecule has 8 heteroatoms. The smallest absolute Gasteiger partial charge is 0.333 e. The van der Waals surface area contributed by atoms with Crippen LogP contribution in [0.15, 0.2) is 24.3 Å². The maximum absolute atomic E-state index is 11.2. The molecule has 3 N–H and O–H groups in total. The third kappa shape index (κ3) is 3.05. The van der Waals surface area contributed by atoms with Gasteiger partial charge in [-0.05, 0) is 24.1 Å². The number of amides is 1. The second-order valence-corrected chi connectivity index (χ2v) is 4.79. The van der Waals surface area contributed by atoms with Gasteiger partial charge >= 0.3 is 5.69 Å². The highest BCUT2D eigenvalue weighted by Gasteiger charge is 2.25. The Morgan fingerprint density at radius 1 is 1.41 bits per heavy atom. The van der Waals surface area contributed by atoms with Crippen LogP contribution in [0.2, 0.25) is 0 Å². The van der Waals surface area contributed by atoms with Crippen LogP contribution >= 0.6 is 0 Å². The van der Waals surface area contributed by atoms with Crippen molar-refractivity contribution in [2.45, 2.75) is 19.9 Å². The summed E-state index contributed by atoms with van der Waals surface area (Å²) in [6, 6.07) is 6.73. The molecule has 0 radical (unpaired) electrons. The largest absolute Gasteiger partial charge is 0.366 e. The number of aryl methyl sites for hydroxylation is 2. The Balaban J connectivity index is 2.19. The van der Waals surface area contributed by atoms with E-state index in [2.05, 4.69) is 10.4 Å². The van der Waals surface area contributed by atoms with Crippen molar-refractivity contribution in [1.82, 2.24) is 9.78 Å². The van der Waals surface area contributed by atoms with Crippen LogP contribution in [0.4, 0.5) is 11.5 Å². The molecule has 0 aliphatic carbocycles. The van der Waals surface area contributed by atoms with E-state index < -0.39 is 10.8 Å². The number of nitro groups is 1. The molecule has 2 rings (SSSR count). The van der Waals surface area contributed by atoms with E-state index in [-0.39, 0.29) is 5.69 Å².